The fraction of sp³-hybridized carbons (Fsp3) is 0.615. The number of H-pyrrole nitrogens is 2. The number of hydrogen-bond acceptors (Lipinski definition) is 4. The number of amides is 1. The molecule has 7 nitrogen and oxygen atoms in total. The lowest BCUT2D eigenvalue weighted by Crippen LogP contribution is -2.45. The molecule has 1 amide bonds. The van der Waals surface area contributed by atoms with Gasteiger partial charge in [-0.15, -0.1) is 0 Å². The third-order valence-electron chi connectivity index (χ3n) is 3.77. The highest BCUT2D eigenvalue weighted by molar-refractivity contribution is 5.92. The van der Waals surface area contributed by atoms with Crippen LogP contribution >= 0.6 is 0 Å². The molecule has 1 aromatic rings. The number of hydrogen-bond donors (Lipinski definition) is 3. The van der Waals surface area contributed by atoms with Gasteiger partial charge in [0.25, 0.3) is 11.5 Å². The largest absolute Gasteiger partial charge is 0.335 e. The van der Waals surface area contributed by atoms with E-state index in [9.17, 15) is 14.4 Å². The van der Waals surface area contributed by atoms with E-state index in [1.54, 1.807) is 4.90 Å². The van der Waals surface area contributed by atoms with Crippen LogP contribution in [0.3, 0.4) is 0 Å². The lowest BCUT2D eigenvalue weighted by Gasteiger charge is -2.35. The number of nitrogens with zero attached hydrogens (tertiary/aromatic N) is 1. The second-order valence-electron chi connectivity index (χ2n) is 5.16. The Bertz CT molecular complexity index is 556. The molecule has 110 valence electrons. The first-order valence-corrected chi connectivity index (χ1v) is 6.91. The fourth-order valence-corrected chi connectivity index (χ4v) is 2.72. The van der Waals surface area contributed by atoms with Crippen molar-refractivity contribution in [1.82, 2.24) is 14.9 Å². The molecule has 20 heavy (non-hydrogen) atoms. The minimum Gasteiger partial charge on any atom is -0.335 e. The van der Waals surface area contributed by atoms with Crippen LogP contribution in [0.1, 0.15) is 43.1 Å². The molecule has 0 spiro atoms. The van der Waals surface area contributed by atoms with Gasteiger partial charge < -0.3 is 15.6 Å². The molecule has 0 bridgehead atoms. The van der Waals surface area contributed by atoms with Gasteiger partial charge in [0, 0.05) is 24.7 Å². The Kier molecular flexibility index (Phi) is 4.39. The topological polar surface area (TPSA) is 112 Å². The number of carbonyl (C=O) groups is 1. The van der Waals surface area contributed by atoms with E-state index in [2.05, 4.69) is 9.97 Å². The van der Waals surface area contributed by atoms with Gasteiger partial charge in [0.05, 0.1) is 0 Å². The molecule has 0 saturated heterocycles. The summed E-state index contributed by atoms with van der Waals surface area (Å²) < 4.78 is 0. The Morgan fingerprint density at radius 1 is 1.30 bits per heavy atom. The number of aromatic nitrogens is 2. The Morgan fingerprint density at radius 3 is 2.50 bits per heavy atom. The van der Waals surface area contributed by atoms with Crippen molar-refractivity contribution in [3.63, 3.8) is 0 Å². The van der Waals surface area contributed by atoms with Gasteiger partial charge in [-0.3, -0.25) is 14.6 Å². The predicted octanol–water partition coefficient (Wildman–Crippen LogP) is -0.205. The summed E-state index contributed by atoms with van der Waals surface area (Å²) in [6, 6.07) is 1.45. The summed E-state index contributed by atoms with van der Waals surface area (Å²) in [5, 5.41) is 0. The number of rotatable bonds is 3. The Hall–Kier alpha value is -1.89. The van der Waals surface area contributed by atoms with Gasteiger partial charge in [0.2, 0.25) is 0 Å². The van der Waals surface area contributed by atoms with E-state index in [1.807, 2.05) is 6.92 Å². The second kappa shape index (κ2) is 6.04. The van der Waals surface area contributed by atoms with E-state index in [4.69, 9.17) is 5.73 Å². The maximum atomic E-state index is 12.4. The fourth-order valence-electron chi connectivity index (χ4n) is 2.72. The lowest BCUT2D eigenvalue weighted by molar-refractivity contribution is 0.0634. The zero-order valence-electron chi connectivity index (χ0n) is 11.5. The highest BCUT2D eigenvalue weighted by Gasteiger charge is 2.27. The number of nitrogens with one attached hydrogen (secondary N) is 2. The van der Waals surface area contributed by atoms with E-state index in [0.29, 0.717) is 6.54 Å². The molecule has 2 rings (SSSR count). The summed E-state index contributed by atoms with van der Waals surface area (Å²) in [6.07, 6.45) is 3.49. The molecule has 1 aliphatic rings. The van der Waals surface area contributed by atoms with Gasteiger partial charge in [-0.2, -0.15) is 0 Å². The van der Waals surface area contributed by atoms with Crippen LogP contribution in [0.15, 0.2) is 15.7 Å². The van der Waals surface area contributed by atoms with Crippen LogP contribution in [0.5, 0.6) is 0 Å². The maximum absolute atomic E-state index is 12.4. The van der Waals surface area contributed by atoms with Crippen LogP contribution in [-0.4, -0.2) is 39.4 Å². The molecule has 4 N–H and O–H groups in total. The smallest absolute Gasteiger partial charge is 0.326 e. The average molecular weight is 280 g/mol. The summed E-state index contributed by atoms with van der Waals surface area (Å²) >= 11 is 0. The average Bonchev–Trinajstić information content (AvgIpc) is 2.40. The highest BCUT2D eigenvalue weighted by Crippen LogP contribution is 2.22. The molecule has 1 fully saturated rings. The molecule has 1 saturated carbocycles. The first-order chi connectivity index (χ1) is 9.51. The van der Waals surface area contributed by atoms with Crippen molar-refractivity contribution in [1.29, 1.82) is 0 Å². The van der Waals surface area contributed by atoms with Gasteiger partial charge in [0.1, 0.15) is 5.69 Å². The standard InChI is InChI=1S/C13H20N4O3/c1-2-17(9-5-3-8(14)4-6-9)12(19)10-7-11(18)16-13(20)15-10/h7-9H,2-6,14H2,1H3,(H2,15,16,18,20). The molecule has 1 heterocycles. The van der Waals surface area contributed by atoms with Crippen molar-refractivity contribution < 1.29 is 4.79 Å². The first-order valence-electron chi connectivity index (χ1n) is 6.91. The molecular formula is C13H20N4O3. The van der Waals surface area contributed by atoms with E-state index in [1.165, 1.54) is 0 Å². The van der Waals surface area contributed by atoms with Crippen molar-refractivity contribution in [2.45, 2.75) is 44.7 Å². The van der Waals surface area contributed by atoms with E-state index in [0.717, 1.165) is 31.7 Å². The van der Waals surface area contributed by atoms with Crippen LogP contribution in [-0.2, 0) is 0 Å². The molecule has 0 aliphatic heterocycles. The third kappa shape index (κ3) is 3.16. The summed E-state index contributed by atoms with van der Waals surface area (Å²) in [7, 11) is 0. The summed E-state index contributed by atoms with van der Waals surface area (Å²) in [4.78, 5) is 41.1. The molecule has 7 heteroatoms. The number of carbonyl (C=O) groups excluding carboxylic acids is 1. The summed E-state index contributed by atoms with van der Waals surface area (Å²) in [5.41, 5.74) is 4.67. The zero-order valence-corrected chi connectivity index (χ0v) is 11.5. The zero-order chi connectivity index (χ0) is 14.7. The van der Waals surface area contributed by atoms with Gasteiger partial charge in [-0.1, -0.05) is 0 Å². The van der Waals surface area contributed by atoms with Gasteiger partial charge in [-0.05, 0) is 32.6 Å². The van der Waals surface area contributed by atoms with E-state index < -0.39 is 11.2 Å². The van der Waals surface area contributed by atoms with Crippen LogP contribution in [0.4, 0.5) is 0 Å². The first kappa shape index (κ1) is 14.5. The van der Waals surface area contributed by atoms with Crippen LogP contribution in [0, 0.1) is 0 Å². The molecule has 0 aromatic carbocycles. The number of nitrogens with two attached hydrogens (primary N) is 1. The normalized spacial score (nSPS) is 22.5. The van der Waals surface area contributed by atoms with E-state index >= 15 is 0 Å². The molecular weight excluding hydrogens is 260 g/mol. The van der Waals surface area contributed by atoms with Crippen LogP contribution in [0.25, 0.3) is 0 Å². The summed E-state index contributed by atoms with van der Waals surface area (Å²) in [5.74, 6) is -0.309. The van der Waals surface area contributed by atoms with Crippen molar-refractivity contribution >= 4 is 5.91 Å². The van der Waals surface area contributed by atoms with E-state index in [-0.39, 0.29) is 23.7 Å². The molecule has 0 unspecified atom stereocenters. The highest BCUT2D eigenvalue weighted by atomic mass is 16.2. The monoisotopic (exact) mass is 280 g/mol. The van der Waals surface area contributed by atoms with Crippen LogP contribution in [0.2, 0.25) is 0 Å². The Labute approximate surface area is 116 Å². The molecule has 1 aliphatic carbocycles. The lowest BCUT2D eigenvalue weighted by atomic mass is 9.90. The quantitative estimate of drug-likeness (QED) is 0.711. The predicted molar refractivity (Wildman–Crippen MR) is 74.6 cm³/mol. The molecule has 1 aromatic heterocycles. The van der Waals surface area contributed by atoms with Gasteiger partial charge in [-0.25, -0.2) is 4.79 Å². The van der Waals surface area contributed by atoms with Crippen molar-refractivity contribution in [2.24, 2.45) is 5.73 Å². The third-order valence-corrected chi connectivity index (χ3v) is 3.77. The van der Waals surface area contributed by atoms with Gasteiger partial charge >= 0.3 is 5.69 Å². The number of aromatic amines is 2. The van der Waals surface area contributed by atoms with Gasteiger partial charge in [0.15, 0.2) is 0 Å². The van der Waals surface area contributed by atoms with Crippen molar-refractivity contribution in [3.8, 4) is 0 Å². The van der Waals surface area contributed by atoms with Crippen molar-refractivity contribution in [2.75, 3.05) is 6.54 Å². The Morgan fingerprint density at radius 2 is 1.95 bits per heavy atom. The van der Waals surface area contributed by atoms with Crippen LogP contribution < -0.4 is 17.0 Å². The maximum Gasteiger partial charge on any atom is 0.326 e. The second-order valence-corrected chi connectivity index (χ2v) is 5.16. The summed E-state index contributed by atoms with van der Waals surface area (Å²) in [6.45, 7) is 2.42. The van der Waals surface area contributed by atoms with Crippen molar-refractivity contribution in [3.05, 3.63) is 32.6 Å². The minimum absolute atomic E-state index is 0.0375. The minimum atomic E-state index is -0.664. The SMILES string of the molecule is CCN(C(=O)c1cc(=O)[nH]c(=O)[nH]1)C1CCC(N)CC1. The Balaban J connectivity index is 2.20. The molecule has 0 radical (unpaired) electrons. The molecule has 0 atom stereocenters.